The molecule has 0 spiro atoms. The first-order valence-corrected chi connectivity index (χ1v) is 7.05. The zero-order chi connectivity index (χ0) is 13.4. The van der Waals surface area contributed by atoms with Crippen molar-refractivity contribution in [2.75, 3.05) is 23.7 Å². The summed E-state index contributed by atoms with van der Waals surface area (Å²) in [5, 5.41) is 2.35. The monoisotopic (exact) mass is 255 g/mol. The zero-order valence-corrected chi connectivity index (χ0v) is 11.7. The Morgan fingerprint density at radius 1 is 1.32 bits per heavy atom. The van der Waals surface area contributed by atoms with Crippen LogP contribution in [0.25, 0.3) is 10.8 Å². The lowest BCUT2D eigenvalue weighted by Crippen LogP contribution is -2.35. The largest absolute Gasteiger partial charge is 0.398 e. The summed E-state index contributed by atoms with van der Waals surface area (Å²) in [6.07, 6.45) is 4.45. The van der Waals surface area contributed by atoms with E-state index in [1.807, 2.05) is 18.3 Å². The van der Waals surface area contributed by atoms with Crippen LogP contribution in [-0.4, -0.2) is 18.1 Å². The van der Waals surface area contributed by atoms with Crippen LogP contribution in [0.5, 0.6) is 0 Å². The molecule has 0 radical (unpaired) electrons. The molecule has 2 N–H and O–H groups in total. The lowest BCUT2D eigenvalue weighted by molar-refractivity contribution is 0.445. The van der Waals surface area contributed by atoms with Crippen molar-refractivity contribution in [1.82, 2.24) is 4.98 Å². The van der Waals surface area contributed by atoms with Gasteiger partial charge in [-0.3, -0.25) is 0 Å². The Balaban J connectivity index is 2.15. The van der Waals surface area contributed by atoms with Crippen LogP contribution in [0.3, 0.4) is 0 Å². The predicted molar refractivity (Wildman–Crippen MR) is 81.5 cm³/mol. The van der Waals surface area contributed by atoms with Gasteiger partial charge in [0.15, 0.2) is 0 Å². The highest BCUT2D eigenvalue weighted by Gasteiger charge is 2.20. The Labute approximate surface area is 114 Å². The Morgan fingerprint density at radius 3 is 2.95 bits per heavy atom. The first-order chi connectivity index (χ1) is 9.16. The van der Waals surface area contributed by atoms with Crippen molar-refractivity contribution < 1.29 is 0 Å². The van der Waals surface area contributed by atoms with Crippen LogP contribution in [-0.2, 0) is 0 Å². The highest BCUT2D eigenvalue weighted by atomic mass is 15.2. The molecule has 3 rings (SSSR count). The molecule has 2 heterocycles. The predicted octanol–water partition coefficient (Wildman–Crippen LogP) is 3.36. The third kappa shape index (κ3) is 2.14. The highest BCUT2D eigenvalue weighted by molar-refractivity contribution is 6.01. The van der Waals surface area contributed by atoms with Gasteiger partial charge in [0.2, 0.25) is 0 Å². The molecule has 1 aromatic heterocycles. The number of rotatable bonds is 1. The number of pyridine rings is 1. The molecule has 3 nitrogen and oxygen atoms in total. The van der Waals surface area contributed by atoms with Gasteiger partial charge in [0.05, 0.1) is 0 Å². The fourth-order valence-corrected chi connectivity index (χ4v) is 3.09. The standard InChI is InChI=1S/C16H21N3/c1-11-4-3-9-19(10-11)16-15-12(2)5-6-14(17)13(15)7-8-18-16/h5-8,11H,3-4,9-10,17H2,1-2H3. The van der Waals surface area contributed by atoms with Gasteiger partial charge < -0.3 is 10.6 Å². The quantitative estimate of drug-likeness (QED) is 0.794. The van der Waals surface area contributed by atoms with E-state index in [2.05, 4.69) is 29.8 Å². The number of aryl methyl sites for hydroxylation is 1. The Hall–Kier alpha value is -1.77. The maximum Gasteiger partial charge on any atom is 0.136 e. The number of hydrogen-bond donors (Lipinski definition) is 1. The van der Waals surface area contributed by atoms with Crippen LogP contribution in [0.2, 0.25) is 0 Å². The molecule has 1 aromatic carbocycles. The van der Waals surface area contributed by atoms with Crippen molar-refractivity contribution in [1.29, 1.82) is 0 Å². The normalized spacial score (nSPS) is 19.9. The lowest BCUT2D eigenvalue weighted by atomic mass is 9.98. The van der Waals surface area contributed by atoms with E-state index in [9.17, 15) is 0 Å². The summed E-state index contributed by atoms with van der Waals surface area (Å²) in [5.41, 5.74) is 8.20. The van der Waals surface area contributed by atoms with Gasteiger partial charge in [-0.2, -0.15) is 0 Å². The fourth-order valence-electron chi connectivity index (χ4n) is 3.09. The van der Waals surface area contributed by atoms with Crippen molar-refractivity contribution >= 4 is 22.3 Å². The first kappa shape index (κ1) is 12.3. The minimum Gasteiger partial charge on any atom is -0.398 e. The molecule has 1 aliphatic heterocycles. The summed E-state index contributed by atoms with van der Waals surface area (Å²) in [7, 11) is 0. The summed E-state index contributed by atoms with van der Waals surface area (Å²) in [5.74, 6) is 1.85. The van der Waals surface area contributed by atoms with Crippen molar-refractivity contribution in [3.63, 3.8) is 0 Å². The molecule has 1 saturated heterocycles. The summed E-state index contributed by atoms with van der Waals surface area (Å²) in [4.78, 5) is 7.06. The van der Waals surface area contributed by atoms with Gasteiger partial charge in [-0.1, -0.05) is 13.0 Å². The number of piperidine rings is 1. The van der Waals surface area contributed by atoms with Crippen LogP contribution in [0.15, 0.2) is 24.4 Å². The van der Waals surface area contributed by atoms with Crippen molar-refractivity contribution in [2.24, 2.45) is 5.92 Å². The molecular formula is C16H21N3. The number of nitrogen functional groups attached to an aromatic ring is 1. The van der Waals surface area contributed by atoms with E-state index < -0.39 is 0 Å². The van der Waals surface area contributed by atoms with E-state index in [0.717, 1.165) is 35.9 Å². The number of fused-ring (bicyclic) bond motifs is 1. The molecule has 2 aromatic rings. The summed E-state index contributed by atoms with van der Waals surface area (Å²) in [6.45, 7) is 6.66. The molecule has 0 saturated carbocycles. The number of anilines is 2. The highest BCUT2D eigenvalue weighted by Crippen LogP contribution is 2.33. The second-order valence-corrected chi connectivity index (χ2v) is 5.72. The molecule has 0 bridgehead atoms. The topological polar surface area (TPSA) is 42.1 Å². The van der Waals surface area contributed by atoms with E-state index in [0.29, 0.717) is 0 Å². The Morgan fingerprint density at radius 2 is 2.16 bits per heavy atom. The molecule has 3 heteroatoms. The van der Waals surface area contributed by atoms with Crippen LogP contribution >= 0.6 is 0 Å². The molecule has 100 valence electrons. The second-order valence-electron chi connectivity index (χ2n) is 5.72. The maximum atomic E-state index is 6.10. The van der Waals surface area contributed by atoms with Crippen LogP contribution in [0, 0.1) is 12.8 Å². The van der Waals surface area contributed by atoms with E-state index >= 15 is 0 Å². The molecule has 1 atom stereocenters. The number of benzene rings is 1. The van der Waals surface area contributed by atoms with Gasteiger partial charge in [-0.05, 0) is 43.4 Å². The molecule has 0 amide bonds. The molecule has 1 fully saturated rings. The Kier molecular flexibility index (Phi) is 3.05. The van der Waals surface area contributed by atoms with Crippen molar-refractivity contribution in [2.45, 2.75) is 26.7 Å². The van der Waals surface area contributed by atoms with Crippen molar-refractivity contribution in [3.8, 4) is 0 Å². The maximum absolute atomic E-state index is 6.10. The number of nitrogens with two attached hydrogens (primary N) is 1. The van der Waals surface area contributed by atoms with Gasteiger partial charge >= 0.3 is 0 Å². The third-order valence-corrected chi connectivity index (χ3v) is 4.11. The minimum atomic E-state index is 0.743. The third-order valence-electron chi connectivity index (χ3n) is 4.11. The van der Waals surface area contributed by atoms with E-state index in [1.165, 1.54) is 23.8 Å². The fraction of sp³-hybridized carbons (Fsp3) is 0.438. The summed E-state index contributed by atoms with van der Waals surface area (Å²) < 4.78 is 0. The van der Waals surface area contributed by atoms with Gasteiger partial charge in [0.25, 0.3) is 0 Å². The van der Waals surface area contributed by atoms with Gasteiger partial charge in [-0.15, -0.1) is 0 Å². The molecule has 0 aliphatic carbocycles. The Bertz CT molecular complexity index is 606. The van der Waals surface area contributed by atoms with Crippen LogP contribution < -0.4 is 10.6 Å². The van der Waals surface area contributed by atoms with E-state index in [-0.39, 0.29) is 0 Å². The average molecular weight is 255 g/mol. The average Bonchev–Trinajstić information content (AvgIpc) is 2.42. The molecule has 1 unspecified atom stereocenters. The lowest BCUT2D eigenvalue weighted by Gasteiger charge is -2.33. The smallest absolute Gasteiger partial charge is 0.136 e. The van der Waals surface area contributed by atoms with Crippen LogP contribution in [0.4, 0.5) is 11.5 Å². The van der Waals surface area contributed by atoms with Crippen molar-refractivity contribution in [3.05, 3.63) is 30.0 Å². The van der Waals surface area contributed by atoms with Gasteiger partial charge in [0.1, 0.15) is 5.82 Å². The second kappa shape index (κ2) is 4.72. The molecule has 19 heavy (non-hydrogen) atoms. The van der Waals surface area contributed by atoms with E-state index in [1.54, 1.807) is 0 Å². The summed E-state index contributed by atoms with van der Waals surface area (Å²) >= 11 is 0. The zero-order valence-electron chi connectivity index (χ0n) is 11.7. The molecular weight excluding hydrogens is 234 g/mol. The number of hydrogen-bond acceptors (Lipinski definition) is 3. The van der Waals surface area contributed by atoms with Gasteiger partial charge in [0, 0.05) is 35.7 Å². The number of aromatic nitrogens is 1. The number of nitrogens with zero attached hydrogens (tertiary/aromatic N) is 2. The molecule has 1 aliphatic rings. The van der Waals surface area contributed by atoms with Crippen LogP contribution in [0.1, 0.15) is 25.3 Å². The minimum absolute atomic E-state index is 0.743. The van der Waals surface area contributed by atoms with E-state index in [4.69, 9.17) is 5.73 Å². The SMILES string of the molecule is Cc1ccc(N)c2ccnc(N3CCCC(C)C3)c12. The first-order valence-electron chi connectivity index (χ1n) is 7.05. The van der Waals surface area contributed by atoms with Gasteiger partial charge in [-0.25, -0.2) is 4.98 Å². The summed E-state index contributed by atoms with van der Waals surface area (Å²) in [6, 6.07) is 6.10.